The minimum absolute atomic E-state index is 0.204. The number of carbonyl (C=O) groups excluding carboxylic acids is 1. The number of carbonyl (C=O) groups is 1. The first kappa shape index (κ1) is 25.8. The Kier molecular flexibility index (Phi) is 8.03. The monoisotopic (exact) mass is 518 g/mol. The van der Waals surface area contributed by atoms with Crippen LogP contribution in [-0.2, 0) is 17.0 Å². The van der Waals surface area contributed by atoms with Crippen molar-refractivity contribution in [3.05, 3.63) is 75.6 Å². The van der Waals surface area contributed by atoms with Crippen LogP contribution in [0.4, 0.5) is 13.2 Å². The number of benzene rings is 2. The summed E-state index contributed by atoms with van der Waals surface area (Å²) in [6.45, 7) is 0.465. The highest BCUT2D eigenvalue weighted by Gasteiger charge is 2.31. The molecule has 0 aliphatic heterocycles. The van der Waals surface area contributed by atoms with Crippen LogP contribution in [-0.4, -0.2) is 29.0 Å². The number of hydrogen-bond acceptors (Lipinski definition) is 6. The summed E-state index contributed by atoms with van der Waals surface area (Å²) in [4.78, 5) is 30.1. The Balaban J connectivity index is 1.62. The molecule has 2 aromatic carbocycles. The number of hydrogen-bond donors (Lipinski definition) is 0. The second-order valence-electron chi connectivity index (χ2n) is 8.41. The van der Waals surface area contributed by atoms with Crippen LogP contribution in [0.2, 0.25) is 0 Å². The molecule has 3 aromatic rings. The number of fused-ring (bicyclic) bond motifs is 1. The van der Waals surface area contributed by atoms with E-state index in [4.69, 9.17) is 4.74 Å². The van der Waals surface area contributed by atoms with Crippen LogP contribution in [0.5, 0.6) is 5.75 Å². The molecule has 190 valence electrons. The predicted molar refractivity (Wildman–Crippen MR) is 131 cm³/mol. The molecule has 36 heavy (non-hydrogen) atoms. The van der Waals surface area contributed by atoms with Crippen molar-refractivity contribution < 1.29 is 27.4 Å². The van der Waals surface area contributed by atoms with Crippen molar-refractivity contribution >= 4 is 28.6 Å². The summed E-state index contributed by atoms with van der Waals surface area (Å²) in [6, 6.07) is 10.2. The van der Waals surface area contributed by atoms with Crippen molar-refractivity contribution in [3.63, 3.8) is 0 Å². The summed E-state index contributed by atoms with van der Waals surface area (Å²) in [5, 5.41) is 0.875. The number of methoxy groups -OCH3 is 1. The van der Waals surface area contributed by atoms with Gasteiger partial charge in [0.25, 0.3) is 5.56 Å². The van der Waals surface area contributed by atoms with Gasteiger partial charge in [-0.15, -0.1) is 13.2 Å². The van der Waals surface area contributed by atoms with Crippen LogP contribution in [0.3, 0.4) is 0 Å². The molecule has 0 fully saturated rings. The summed E-state index contributed by atoms with van der Waals surface area (Å²) in [6.07, 6.45) is 2.62. The minimum Gasteiger partial charge on any atom is -0.465 e. The van der Waals surface area contributed by atoms with E-state index < -0.39 is 12.3 Å². The van der Waals surface area contributed by atoms with Crippen LogP contribution in [0.1, 0.15) is 48.0 Å². The number of halogens is 3. The first-order valence-electron chi connectivity index (χ1n) is 11.5. The Labute approximate surface area is 210 Å². The maximum Gasteiger partial charge on any atom is 0.573 e. The van der Waals surface area contributed by atoms with E-state index in [1.807, 2.05) is 0 Å². The van der Waals surface area contributed by atoms with E-state index in [1.165, 1.54) is 49.1 Å². The molecule has 1 heterocycles. The molecule has 1 aromatic heterocycles. The largest absolute Gasteiger partial charge is 0.573 e. The molecule has 6 nitrogen and oxygen atoms in total. The highest BCUT2D eigenvalue weighted by atomic mass is 32.2. The van der Waals surface area contributed by atoms with Gasteiger partial charge in [-0.1, -0.05) is 35.5 Å². The summed E-state index contributed by atoms with van der Waals surface area (Å²) in [7, 11) is 1.28. The van der Waals surface area contributed by atoms with Gasteiger partial charge in [-0.2, -0.15) is 0 Å². The van der Waals surface area contributed by atoms with Crippen LogP contribution in [0.25, 0.3) is 10.9 Å². The quantitative estimate of drug-likeness (QED) is 0.152. The Hall–Kier alpha value is -3.27. The summed E-state index contributed by atoms with van der Waals surface area (Å²) >= 11 is 1.31. The summed E-state index contributed by atoms with van der Waals surface area (Å²) < 4.78 is 47.6. The zero-order valence-corrected chi connectivity index (χ0v) is 20.5. The van der Waals surface area contributed by atoms with Gasteiger partial charge in [-0.05, 0) is 68.0 Å². The van der Waals surface area contributed by atoms with E-state index in [0.717, 1.165) is 31.2 Å². The number of aromatic nitrogens is 2. The van der Waals surface area contributed by atoms with Crippen molar-refractivity contribution in [2.75, 3.05) is 7.11 Å². The fourth-order valence-electron chi connectivity index (χ4n) is 4.08. The van der Waals surface area contributed by atoms with Crippen LogP contribution >= 0.6 is 11.8 Å². The molecule has 1 aliphatic rings. The molecule has 0 N–H and O–H groups in total. The van der Waals surface area contributed by atoms with E-state index in [9.17, 15) is 22.8 Å². The van der Waals surface area contributed by atoms with Crippen molar-refractivity contribution in [1.29, 1.82) is 0 Å². The second kappa shape index (κ2) is 11.2. The van der Waals surface area contributed by atoms with E-state index in [1.54, 1.807) is 28.8 Å². The van der Waals surface area contributed by atoms with E-state index in [-0.39, 0.29) is 11.3 Å². The van der Waals surface area contributed by atoms with Crippen LogP contribution < -0.4 is 10.3 Å². The Bertz CT molecular complexity index is 1330. The van der Waals surface area contributed by atoms with Crippen LogP contribution in [0, 0.1) is 0 Å². The Morgan fingerprint density at radius 1 is 1.14 bits per heavy atom. The molecule has 1 aliphatic carbocycles. The molecule has 0 bridgehead atoms. The predicted octanol–water partition coefficient (Wildman–Crippen LogP) is 6.26. The SMILES string of the molecule is COC(=O)c1ccc2c(=O)n(CCC3=CCCCC3)c(SCc3ccc(OC(F)(F)F)cc3)nc2c1. The summed E-state index contributed by atoms with van der Waals surface area (Å²) in [5.41, 5.74) is 2.54. The number of ether oxygens (including phenoxy) is 2. The first-order chi connectivity index (χ1) is 17.2. The first-order valence-corrected chi connectivity index (χ1v) is 12.5. The zero-order valence-electron chi connectivity index (χ0n) is 19.6. The smallest absolute Gasteiger partial charge is 0.465 e. The minimum atomic E-state index is -4.75. The molecule has 0 amide bonds. The molecular formula is C26H25F3N2O4S. The third-order valence-electron chi connectivity index (χ3n) is 5.91. The number of esters is 1. The molecule has 10 heteroatoms. The van der Waals surface area contributed by atoms with Crippen molar-refractivity contribution in [2.24, 2.45) is 0 Å². The molecule has 0 saturated heterocycles. The van der Waals surface area contributed by atoms with Gasteiger partial charge in [-0.3, -0.25) is 9.36 Å². The normalized spacial score (nSPS) is 13.9. The van der Waals surface area contributed by atoms with Gasteiger partial charge in [0.15, 0.2) is 5.16 Å². The number of rotatable bonds is 8. The Morgan fingerprint density at radius 3 is 2.58 bits per heavy atom. The fourth-order valence-corrected chi connectivity index (χ4v) is 5.06. The molecular weight excluding hydrogens is 493 g/mol. The van der Waals surface area contributed by atoms with E-state index in [0.29, 0.717) is 33.9 Å². The number of nitrogens with zero attached hydrogens (tertiary/aromatic N) is 2. The lowest BCUT2D eigenvalue weighted by molar-refractivity contribution is -0.274. The number of allylic oxidation sites excluding steroid dienone is 2. The van der Waals surface area contributed by atoms with Gasteiger partial charge in [0.05, 0.1) is 23.6 Å². The third kappa shape index (κ3) is 6.48. The van der Waals surface area contributed by atoms with Gasteiger partial charge in [-0.25, -0.2) is 9.78 Å². The van der Waals surface area contributed by atoms with Crippen LogP contribution in [0.15, 0.2) is 64.1 Å². The topological polar surface area (TPSA) is 70.4 Å². The third-order valence-corrected chi connectivity index (χ3v) is 6.96. The zero-order chi connectivity index (χ0) is 25.7. The van der Waals surface area contributed by atoms with Gasteiger partial charge in [0.2, 0.25) is 0 Å². The number of thioether (sulfide) groups is 1. The second-order valence-corrected chi connectivity index (χ2v) is 9.36. The standard InChI is InChI=1S/C26H25F3N2O4S/c1-34-24(33)19-9-12-21-22(15-19)30-25(31(23(21)32)14-13-17-5-3-2-4-6-17)36-16-18-7-10-20(11-8-18)35-26(27,28)29/h5,7-12,15H,2-4,6,13-14,16H2,1H3. The van der Waals surface area contributed by atoms with Crippen molar-refractivity contribution in [1.82, 2.24) is 9.55 Å². The van der Waals surface area contributed by atoms with E-state index >= 15 is 0 Å². The van der Waals surface area contributed by atoms with E-state index in [2.05, 4.69) is 15.8 Å². The van der Waals surface area contributed by atoms with Crippen molar-refractivity contribution in [2.45, 2.75) is 55.9 Å². The lowest BCUT2D eigenvalue weighted by atomic mass is 9.97. The molecule has 0 spiro atoms. The maximum absolute atomic E-state index is 13.4. The maximum atomic E-state index is 13.4. The summed E-state index contributed by atoms with van der Waals surface area (Å²) in [5.74, 6) is -0.445. The highest BCUT2D eigenvalue weighted by molar-refractivity contribution is 7.98. The molecule has 0 atom stereocenters. The molecule has 4 rings (SSSR count). The molecule has 0 radical (unpaired) electrons. The lowest BCUT2D eigenvalue weighted by Gasteiger charge is -2.16. The van der Waals surface area contributed by atoms with Gasteiger partial charge in [0, 0.05) is 12.3 Å². The molecule has 0 saturated carbocycles. The average molecular weight is 519 g/mol. The van der Waals surface area contributed by atoms with Crippen molar-refractivity contribution in [3.8, 4) is 5.75 Å². The number of alkyl halides is 3. The molecule has 0 unspecified atom stereocenters. The van der Waals surface area contributed by atoms with Gasteiger partial charge < -0.3 is 9.47 Å². The average Bonchev–Trinajstić information content (AvgIpc) is 2.86. The fraction of sp³-hybridized carbons (Fsp3) is 0.346. The Morgan fingerprint density at radius 2 is 1.92 bits per heavy atom. The lowest BCUT2D eigenvalue weighted by Crippen LogP contribution is -2.24. The highest BCUT2D eigenvalue weighted by Crippen LogP contribution is 2.27. The van der Waals surface area contributed by atoms with Gasteiger partial charge >= 0.3 is 12.3 Å². The van der Waals surface area contributed by atoms with Gasteiger partial charge in [0.1, 0.15) is 5.75 Å².